The summed E-state index contributed by atoms with van der Waals surface area (Å²) in [6, 6.07) is 6.98. The van der Waals surface area contributed by atoms with Gasteiger partial charge in [-0.15, -0.1) is 0 Å². The van der Waals surface area contributed by atoms with Gasteiger partial charge >= 0.3 is 0 Å². The highest BCUT2D eigenvalue weighted by molar-refractivity contribution is 5.98. The smallest absolute Gasteiger partial charge is 0.152 e. The van der Waals surface area contributed by atoms with Gasteiger partial charge in [-0.2, -0.15) is 10.5 Å². The molecule has 4 heteroatoms. The summed E-state index contributed by atoms with van der Waals surface area (Å²) in [4.78, 5) is 13.5. The number of benzene rings is 1. The highest BCUT2D eigenvalue weighted by atomic mass is 16.1. The first-order valence-corrected chi connectivity index (χ1v) is 4.20. The number of carbonyl (C=O) groups is 1. The summed E-state index contributed by atoms with van der Waals surface area (Å²) < 4.78 is 0. The summed E-state index contributed by atoms with van der Waals surface area (Å²) in [5.74, 6) is 0. The molecule has 0 spiro atoms. The fraction of sp³-hybridized carbons (Fsp3) is 0. The highest BCUT2D eigenvalue weighted by Crippen LogP contribution is 2.21. The van der Waals surface area contributed by atoms with E-state index in [0.29, 0.717) is 28.3 Å². The maximum absolute atomic E-state index is 10.7. The van der Waals surface area contributed by atoms with Crippen LogP contribution in [-0.2, 0) is 0 Å². The van der Waals surface area contributed by atoms with Gasteiger partial charge in [0.1, 0.15) is 12.1 Å². The van der Waals surface area contributed by atoms with Crippen LogP contribution in [0.4, 0.5) is 0 Å². The number of aldehydes is 1. The molecule has 0 aliphatic rings. The predicted octanol–water partition coefficient (Wildman–Crippen LogP) is 1.72. The third-order valence-electron chi connectivity index (χ3n) is 2.22. The van der Waals surface area contributed by atoms with Crippen LogP contribution in [0, 0.1) is 22.7 Å². The number of hydrogen-bond acceptors (Lipinski definition) is 3. The summed E-state index contributed by atoms with van der Waals surface area (Å²) in [5, 5.41) is 18.3. The Morgan fingerprint density at radius 2 is 1.87 bits per heavy atom. The Bertz CT molecular complexity index is 626. The predicted molar refractivity (Wildman–Crippen MR) is 53.1 cm³/mol. The number of aromatic nitrogens is 1. The fourth-order valence-corrected chi connectivity index (χ4v) is 1.47. The number of carbonyl (C=O) groups excluding carboxylic acids is 1. The van der Waals surface area contributed by atoms with Gasteiger partial charge in [-0.3, -0.25) is 4.79 Å². The minimum Gasteiger partial charge on any atom is -0.360 e. The quantitative estimate of drug-likeness (QED) is 0.703. The van der Waals surface area contributed by atoms with E-state index in [1.807, 2.05) is 12.1 Å². The second-order valence-corrected chi connectivity index (χ2v) is 3.03. The van der Waals surface area contributed by atoms with Crippen molar-refractivity contribution in [2.45, 2.75) is 0 Å². The van der Waals surface area contributed by atoms with Crippen LogP contribution in [-0.4, -0.2) is 11.3 Å². The van der Waals surface area contributed by atoms with Gasteiger partial charge in [-0.1, -0.05) is 0 Å². The minimum atomic E-state index is 0.285. The molecule has 15 heavy (non-hydrogen) atoms. The molecule has 0 aliphatic carbocycles. The molecule has 0 atom stereocenters. The SMILES string of the molecule is N#Cc1cc2[nH]cc(C=O)c2cc1C#N. The molecule has 1 aromatic heterocycles. The molecule has 0 radical (unpaired) electrons. The summed E-state index contributed by atoms with van der Waals surface area (Å²) in [6.45, 7) is 0. The number of rotatable bonds is 1. The summed E-state index contributed by atoms with van der Waals surface area (Å²) >= 11 is 0. The topological polar surface area (TPSA) is 80.4 Å². The van der Waals surface area contributed by atoms with Crippen LogP contribution < -0.4 is 0 Å². The Kier molecular flexibility index (Phi) is 1.97. The maximum atomic E-state index is 10.7. The normalized spacial score (nSPS) is 9.47. The van der Waals surface area contributed by atoms with Crippen LogP contribution in [0.3, 0.4) is 0 Å². The summed E-state index contributed by atoms with van der Waals surface area (Å²) in [7, 11) is 0. The molecule has 0 saturated heterocycles. The van der Waals surface area contributed by atoms with Crippen molar-refractivity contribution in [3.63, 3.8) is 0 Å². The van der Waals surface area contributed by atoms with Gasteiger partial charge in [0.2, 0.25) is 0 Å². The van der Waals surface area contributed by atoms with E-state index in [-0.39, 0.29) is 5.56 Å². The van der Waals surface area contributed by atoms with E-state index in [0.717, 1.165) is 0 Å². The van der Waals surface area contributed by atoms with Crippen molar-refractivity contribution in [1.29, 1.82) is 10.5 Å². The van der Waals surface area contributed by atoms with Gasteiger partial charge in [-0.25, -0.2) is 0 Å². The molecule has 1 aromatic carbocycles. The molecular weight excluding hydrogens is 190 g/mol. The molecule has 0 amide bonds. The van der Waals surface area contributed by atoms with Crippen LogP contribution >= 0.6 is 0 Å². The Morgan fingerprint density at radius 1 is 1.20 bits per heavy atom. The molecule has 0 saturated carbocycles. The molecule has 0 fully saturated rings. The zero-order valence-corrected chi connectivity index (χ0v) is 7.61. The lowest BCUT2D eigenvalue weighted by atomic mass is 10.1. The zero-order chi connectivity index (χ0) is 10.8. The lowest BCUT2D eigenvalue weighted by molar-refractivity contribution is 0.112. The van der Waals surface area contributed by atoms with Gasteiger partial charge in [0, 0.05) is 22.7 Å². The Morgan fingerprint density at radius 3 is 2.47 bits per heavy atom. The van der Waals surface area contributed by atoms with Crippen LogP contribution in [0.25, 0.3) is 10.9 Å². The first-order chi connectivity index (χ1) is 7.30. The third-order valence-corrected chi connectivity index (χ3v) is 2.22. The van der Waals surface area contributed by atoms with Crippen LogP contribution in [0.2, 0.25) is 0 Å². The zero-order valence-electron chi connectivity index (χ0n) is 7.61. The van der Waals surface area contributed by atoms with Gasteiger partial charge in [-0.05, 0) is 12.1 Å². The number of nitriles is 2. The van der Waals surface area contributed by atoms with Crippen LogP contribution in [0.5, 0.6) is 0 Å². The lowest BCUT2D eigenvalue weighted by Gasteiger charge is -1.95. The molecule has 0 unspecified atom stereocenters. The van der Waals surface area contributed by atoms with Gasteiger partial charge in [0.25, 0.3) is 0 Å². The fourth-order valence-electron chi connectivity index (χ4n) is 1.47. The van der Waals surface area contributed by atoms with Gasteiger partial charge in [0.05, 0.1) is 11.1 Å². The minimum absolute atomic E-state index is 0.285. The Labute approximate surface area is 85.4 Å². The van der Waals surface area contributed by atoms with E-state index >= 15 is 0 Å². The molecule has 2 rings (SSSR count). The third kappa shape index (κ3) is 1.25. The monoisotopic (exact) mass is 195 g/mol. The first kappa shape index (κ1) is 8.98. The van der Waals surface area contributed by atoms with Crippen molar-refractivity contribution in [2.24, 2.45) is 0 Å². The second kappa shape index (κ2) is 3.28. The molecule has 0 aliphatic heterocycles. The number of H-pyrrole nitrogens is 1. The van der Waals surface area contributed by atoms with Crippen molar-refractivity contribution in [3.05, 3.63) is 35.0 Å². The van der Waals surface area contributed by atoms with Crippen molar-refractivity contribution in [1.82, 2.24) is 4.98 Å². The molecule has 1 N–H and O–H groups in total. The van der Waals surface area contributed by atoms with Gasteiger partial charge in [0.15, 0.2) is 6.29 Å². The number of nitrogens with one attached hydrogen (secondary N) is 1. The van der Waals surface area contributed by atoms with Crippen molar-refractivity contribution in [2.75, 3.05) is 0 Å². The largest absolute Gasteiger partial charge is 0.360 e. The molecule has 70 valence electrons. The van der Waals surface area contributed by atoms with Crippen LogP contribution in [0.15, 0.2) is 18.3 Å². The molecule has 4 nitrogen and oxygen atoms in total. The average Bonchev–Trinajstić information content (AvgIpc) is 2.68. The standard InChI is InChI=1S/C11H5N3O/c12-3-7-1-10-9(6-15)5-14-11(10)2-8(7)4-13/h1-2,5-6,14H. The number of fused-ring (bicyclic) bond motifs is 1. The van der Waals surface area contributed by atoms with Gasteiger partial charge < -0.3 is 4.98 Å². The van der Waals surface area contributed by atoms with Crippen LogP contribution in [0.1, 0.15) is 21.5 Å². The van der Waals surface area contributed by atoms with E-state index in [1.54, 1.807) is 18.3 Å². The molecular formula is C11H5N3O. The summed E-state index contributed by atoms with van der Waals surface area (Å²) in [5.41, 5.74) is 1.77. The maximum Gasteiger partial charge on any atom is 0.152 e. The van der Waals surface area contributed by atoms with Crippen molar-refractivity contribution < 1.29 is 4.79 Å². The van der Waals surface area contributed by atoms with E-state index in [9.17, 15) is 4.79 Å². The highest BCUT2D eigenvalue weighted by Gasteiger charge is 2.08. The number of nitrogens with zero attached hydrogens (tertiary/aromatic N) is 2. The lowest BCUT2D eigenvalue weighted by Crippen LogP contribution is -1.84. The Balaban J connectivity index is 2.86. The average molecular weight is 195 g/mol. The number of hydrogen-bond donors (Lipinski definition) is 1. The molecule has 0 bridgehead atoms. The molecule has 2 aromatic rings. The molecule has 1 heterocycles. The van der Waals surface area contributed by atoms with E-state index < -0.39 is 0 Å². The first-order valence-electron chi connectivity index (χ1n) is 4.20. The van der Waals surface area contributed by atoms with E-state index in [2.05, 4.69) is 4.98 Å². The van der Waals surface area contributed by atoms with E-state index in [4.69, 9.17) is 10.5 Å². The Hall–Kier alpha value is -2.59. The van der Waals surface area contributed by atoms with Crippen molar-refractivity contribution >= 4 is 17.2 Å². The number of aromatic amines is 1. The second-order valence-electron chi connectivity index (χ2n) is 3.03. The van der Waals surface area contributed by atoms with Crippen molar-refractivity contribution in [3.8, 4) is 12.1 Å². The van der Waals surface area contributed by atoms with E-state index in [1.165, 1.54) is 0 Å². The summed E-state index contributed by atoms with van der Waals surface area (Å²) in [6.07, 6.45) is 2.27.